The zero-order chi connectivity index (χ0) is 19.4. The van der Waals surface area contributed by atoms with Crippen molar-refractivity contribution in [3.63, 3.8) is 0 Å². The predicted molar refractivity (Wildman–Crippen MR) is 122 cm³/mol. The van der Waals surface area contributed by atoms with Gasteiger partial charge in [-0.15, -0.1) is 0 Å². The molecule has 2 saturated carbocycles. The summed E-state index contributed by atoms with van der Waals surface area (Å²) in [6.07, 6.45) is 7.69. The minimum atomic E-state index is -2.18. The van der Waals surface area contributed by atoms with Crippen LogP contribution in [0.5, 0.6) is 0 Å². The first-order valence-corrected chi connectivity index (χ1v) is 13.2. The van der Waals surface area contributed by atoms with Crippen LogP contribution in [-0.4, -0.2) is 19.3 Å². The summed E-state index contributed by atoms with van der Waals surface area (Å²) in [5.41, 5.74) is 1.06. The molecule has 0 bridgehead atoms. The van der Waals surface area contributed by atoms with E-state index in [9.17, 15) is 0 Å². The van der Waals surface area contributed by atoms with Gasteiger partial charge >= 0.3 is 0 Å². The molecule has 1 nitrogen and oxygen atoms in total. The van der Waals surface area contributed by atoms with E-state index in [-0.39, 0.29) is 11.2 Å². The van der Waals surface area contributed by atoms with Crippen molar-refractivity contribution in [2.45, 2.75) is 55.3 Å². The zero-order valence-corrected chi connectivity index (χ0v) is 17.9. The van der Waals surface area contributed by atoms with E-state index >= 15 is 0 Å². The molecule has 3 aliphatic rings. The molecule has 1 unspecified atom stereocenters. The van der Waals surface area contributed by atoms with E-state index in [1.165, 1.54) is 38.5 Å². The molecule has 0 radical (unpaired) electrons. The Kier molecular flexibility index (Phi) is 3.91. The second-order valence-electron chi connectivity index (χ2n) is 9.31. The van der Waals surface area contributed by atoms with Crippen LogP contribution in [0.15, 0.2) is 91.0 Å². The first kappa shape index (κ1) is 17.7. The van der Waals surface area contributed by atoms with Crippen molar-refractivity contribution < 1.29 is 4.74 Å². The first-order valence-electron chi connectivity index (χ1n) is 11.2. The molecule has 3 atom stereocenters. The molecule has 0 spiro atoms. The molecule has 3 fully saturated rings. The topological polar surface area (TPSA) is 12.5 Å². The maximum atomic E-state index is 6.54. The second kappa shape index (κ2) is 6.42. The molecule has 146 valence electrons. The second-order valence-corrected chi connectivity index (χ2v) is 13.5. The van der Waals surface area contributed by atoms with Gasteiger partial charge in [-0.1, -0.05) is 104 Å². The molecule has 0 N–H and O–H groups in total. The summed E-state index contributed by atoms with van der Waals surface area (Å²) < 4.78 is 6.54. The van der Waals surface area contributed by atoms with Gasteiger partial charge in [0.1, 0.15) is 0 Å². The molecule has 3 aromatic carbocycles. The third kappa shape index (κ3) is 2.42. The summed E-state index contributed by atoms with van der Waals surface area (Å²) in [4.78, 5) is 0. The fourth-order valence-corrected chi connectivity index (χ4v) is 12.7. The van der Waals surface area contributed by atoms with Crippen LogP contribution in [0, 0.1) is 0 Å². The van der Waals surface area contributed by atoms with Crippen LogP contribution in [0.25, 0.3) is 0 Å². The normalized spacial score (nSPS) is 30.4. The lowest BCUT2D eigenvalue weighted by molar-refractivity contribution is 0.216. The highest BCUT2D eigenvalue weighted by molar-refractivity contribution is 7.12. The Balaban J connectivity index is 1.59. The number of ether oxygens (including phenoxy) is 1. The minimum Gasteiger partial charge on any atom is -0.363 e. The van der Waals surface area contributed by atoms with Gasteiger partial charge in [0.05, 0.1) is 11.2 Å². The monoisotopic (exact) mass is 396 g/mol. The lowest BCUT2D eigenvalue weighted by Gasteiger charge is -2.40. The summed E-state index contributed by atoms with van der Waals surface area (Å²) in [6, 6.07) is 34.3. The number of rotatable bonds is 4. The van der Waals surface area contributed by atoms with Gasteiger partial charge in [-0.2, -0.15) is 0 Å². The zero-order valence-electron chi connectivity index (χ0n) is 16.9. The summed E-state index contributed by atoms with van der Waals surface area (Å²) in [7, 11) is -2.18. The molecule has 3 aromatic rings. The van der Waals surface area contributed by atoms with Gasteiger partial charge in [-0.3, -0.25) is 0 Å². The van der Waals surface area contributed by atoms with Crippen LogP contribution < -0.4 is 15.6 Å². The highest BCUT2D eigenvalue weighted by Crippen LogP contribution is 2.70. The predicted octanol–water partition coefficient (Wildman–Crippen LogP) is 4.40. The van der Waals surface area contributed by atoms with Crippen molar-refractivity contribution >= 4 is 23.6 Å². The van der Waals surface area contributed by atoms with Crippen LogP contribution >= 0.6 is 0 Å². The van der Waals surface area contributed by atoms with E-state index in [0.717, 1.165) is 0 Å². The van der Waals surface area contributed by atoms with E-state index in [4.69, 9.17) is 4.74 Å². The fraction of sp³-hybridized carbons (Fsp3) is 0.333. The largest absolute Gasteiger partial charge is 0.363 e. The number of hydrogen-bond donors (Lipinski definition) is 0. The third-order valence-corrected chi connectivity index (χ3v) is 13.4. The fourth-order valence-electron chi connectivity index (χ4n) is 6.87. The van der Waals surface area contributed by atoms with Gasteiger partial charge in [-0.25, -0.2) is 0 Å². The first-order chi connectivity index (χ1) is 14.3. The van der Waals surface area contributed by atoms with Crippen molar-refractivity contribution in [1.29, 1.82) is 0 Å². The Morgan fingerprint density at radius 1 is 0.586 bits per heavy atom. The smallest absolute Gasteiger partial charge is 0.151 e. The molecular weight excluding hydrogens is 368 g/mol. The van der Waals surface area contributed by atoms with Crippen LogP contribution in [-0.2, 0) is 4.74 Å². The molecule has 2 aliphatic carbocycles. The Morgan fingerprint density at radius 3 is 1.34 bits per heavy atom. The Morgan fingerprint density at radius 2 is 0.966 bits per heavy atom. The van der Waals surface area contributed by atoms with Gasteiger partial charge < -0.3 is 4.74 Å². The molecule has 2 heteroatoms. The molecular formula is C27H28OSi. The lowest BCUT2D eigenvalue weighted by Crippen LogP contribution is -2.69. The van der Waals surface area contributed by atoms with E-state index in [0.29, 0.717) is 5.54 Å². The Labute approximate surface area is 174 Å². The van der Waals surface area contributed by atoms with Crippen molar-refractivity contribution in [1.82, 2.24) is 0 Å². The van der Waals surface area contributed by atoms with Crippen LogP contribution in [0.3, 0.4) is 0 Å². The van der Waals surface area contributed by atoms with Crippen molar-refractivity contribution in [2.24, 2.45) is 0 Å². The van der Waals surface area contributed by atoms with E-state index in [1.54, 1.807) is 15.6 Å². The number of hydrogen-bond acceptors (Lipinski definition) is 1. The molecule has 1 saturated heterocycles. The van der Waals surface area contributed by atoms with Crippen molar-refractivity contribution in [3.8, 4) is 0 Å². The molecule has 29 heavy (non-hydrogen) atoms. The van der Waals surface area contributed by atoms with E-state index in [1.807, 2.05) is 0 Å². The third-order valence-electron chi connectivity index (χ3n) is 8.04. The lowest BCUT2D eigenvalue weighted by atomic mass is 9.82. The maximum absolute atomic E-state index is 6.54. The molecule has 6 rings (SSSR count). The van der Waals surface area contributed by atoms with Gasteiger partial charge in [-0.05, 0) is 46.8 Å². The highest BCUT2D eigenvalue weighted by Gasteiger charge is 2.76. The average Bonchev–Trinajstić information content (AvgIpc) is 3.32. The van der Waals surface area contributed by atoms with Gasteiger partial charge in [0.25, 0.3) is 0 Å². The number of benzene rings is 3. The average molecular weight is 397 g/mol. The molecule has 1 aliphatic heterocycles. The SMILES string of the molecule is c1ccc([Si](c2ccccc2)(c2ccccc2)C2C[C@]34CCCC[C@@]3(C2)O4)cc1. The summed E-state index contributed by atoms with van der Waals surface area (Å²) in [5, 5.41) is 4.65. The number of epoxide rings is 1. The van der Waals surface area contributed by atoms with Crippen LogP contribution in [0.1, 0.15) is 38.5 Å². The minimum absolute atomic E-state index is 0.187. The quantitative estimate of drug-likeness (QED) is 0.362. The molecule has 1 heterocycles. The molecule has 0 amide bonds. The maximum Gasteiger partial charge on any atom is 0.151 e. The van der Waals surface area contributed by atoms with Crippen molar-refractivity contribution in [2.75, 3.05) is 0 Å². The van der Waals surface area contributed by atoms with Gasteiger partial charge in [0.2, 0.25) is 0 Å². The van der Waals surface area contributed by atoms with Gasteiger partial charge in [0, 0.05) is 0 Å². The van der Waals surface area contributed by atoms with E-state index < -0.39 is 8.07 Å². The Bertz CT molecular complexity index is 878. The summed E-state index contributed by atoms with van der Waals surface area (Å²) in [5.74, 6) is 0. The van der Waals surface area contributed by atoms with Crippen molar-refractivity contribution in [3.05, 3.63) is 91.0 Å². The summed E-state index contributed by atoms with van der Waals surface area (Å²) >= 11 is 0. The standard InChI is InChI=1S/C27H28OSi/c1-4-12-22(13-5-1)29(23-14-6-2-7-15-23,24-16-8-3-9-17-24)25-20-26-18-10-11-19-27(26,21-25)28-26/h1-9,12-17,25H,10-11,18-21H2/t25?,26-,27+. The van der Waals surface area contributed by atoms with Crippen LogP contribution in [0.2, 0.25) is 5.54 Å². The van der Waals surface area contributed by atoms with E-state index in [2.05, 4.69) is 91.0 Å². The highest BCUT2D eigenvalue weighted by atomic mass is 28.3. The molecule has 0 aromatic heterocycles. The van der Waals surface area contributed by atoms with Crippen LogP contribution in [0.4, 0.5) is 0 Å². The van der Waals surface area contributed by atoms with Gasteiger partial charge in [0.15, 0.2) is 8.07 Å². The Hall–Kier alpha value is -2.16. The summed E-state index contributed by atoms with van der Waals surface area (Å²) in [6.45, 7) is 0.